The Balaban J connectivity index is 2.18. The zero-order valence-electron chi connectivity index (χ0n) is 11.2. The molecule has 1 fully saturated rings. The molecule has 0 heterocycles. The van der Waals surface area contributed by atoms with E-state index in [-0.39, 0.29) is 6.10 Å². The highest BCUT2D eigenvalue weighted by Gasteiger charge is 2.27. The summed E-state index contributed by atoms with van der Waals surface area (Å²) < 4.78 is 0. The van der Waals surface area contributed by atoms with Gasteiger partial charge in [-0.15, -0.1) is 0 Å². The summed E-state index contributed by atoms with van der Waals surface area (Å²) >= 11 is 0. The molecule has 0 aromatic heterocycles. The van der Waals surface area contributed by atoms with Crippen molar-refractivity contribution in [1.29, 1.82) is 0 Å². The van der Waals surface area contributed by atoms with Crippen LogP contribution in [0.3, 0.4) is 0 Å². The molecule has 1 aromatic rings. The third kappa shape index (κ3) is 2.71. The average Bonchev–Trinajstić information content (AvgIpc) is 2.32. The Labute approximate surface area is 105 Å². The van der Waals surface area contributed by atoms with Gasteiger partial charge < -0.3 is 5.11 Å². The topological polar surface area (TPSA) is 20.2 Å². The molecule has 0 spiro atoms. The van der Waals surface area contributed by atoms with Gasteiger partial charge in [0, 0.05) is 0 Å². The van der Waals surface area contributed by atoms with Crippen LogP contribution in [0.15, 0.2) is 18.2 Å². The first-order valence-corrected chi connectivity index (χ1v) is 6.83. The third-order valence-corrected chi connectivity index (χ3v) is 4.39. The van der Waals surface area contributed by atoms with Crippen LogP contribution >= 0.6 is 0 Å². The Hall–Kier alpha value is -0.820. The van der Waals surface area contributed by atoms with Gasteiger partial charge in [-0.3, -0.25) is 0 Å². The van der Waals surface area contributed by atoms with Gasteiger partial charge in [-0.05, 0) is 55.2 Å². The van der Waals surface area contributed by atoms with E-state index in [1.807, 2.05) is 0 Å². The van der Waals surface area contributed by atoms with Crippen molar-refractivity contribution in [3.05, 3.63) is 34.9 Å². The van der Waals surface area contributed by atoms with E-state index >= 15 is 0 Å². The molecular weight excluding hydrogens is 208 g/mol. The van der Waals surface area contributed by atoms with Crippen LogP contribution in [-0.4, -0.2) is 5.11 Å². The molecule has 0 bridgehead atoms. The molecule has 94 valence electrons. The van der Waals surface area contributed by atoms with E-state index in [0.29, 0.717) is 5.92 Å². The zero-order valence-corrected chi connectivity index (χ0v) is 11.2. The van der Waals surface area contributed by atoms with Crippen molar-refractivity contribution in [2.45, 2.75) is 52.6 Å². The van der Waals surface area contributed by atoms with Crippen LogP contribution in [-0.2, 0) is 0 Å². The van der Waals surface area contributed by atoms with Crippen molar-refractivity contribution in [1.82, 2.24) is 0 Å². The van der Waals surface area contributed by atoms with E-state index in [9.17, 15) is 5.11 Å². The first-order valence-electron chi connectivity index (χ1n) is 6.83. The Bertz CT molecular complexity index is 383. The average molecular weight is 232 g/mol. The summed E-state index contributed by atoms with van der Waals surface area (Å²) in [6.45, 7) is 6.55. The van der Waals surface area contributed by atoms with Gasteiger partial charge in [0.25, 0.3) is 0 Å². The van der Waals surface area contributed by atoms with E-state index in [1.165, 1.54) is 36.8 Å². The second kappa shape index (κ2) is 5.22. The van der Waals surface area contributed by atoms with Crippen LogP contribution < -0.4 is 0 Å². The van der Waals surface area contributed by atoms with E-state index in [2.05, 4.69) is 39.0 Å². The minimum absolute atomic E-state index is 0.266. The van der Waals surface area contributed by atoms with E-state index in [1.54, 1.807) is 0 Å². The van der Waals surface area contributed by atoms with Gasteiger partial charge in [-0.1, -0.05) is 38.0 Å². The summed E-state index contributed by atoms with van der Waals surface area (Å²) in [6, 6.07) is 6.27. The van der Waals surface area contributed by atoms with Crippen LogP contribution in [0, 0.1) is 25.7 Å². The molecule has 3 unspecified atom stereocenters. The van der Waals surface area contributed by atoms with Gasteiger partial charge in [0.15, 0.2) is 0 Å². The van der Waals surface area contributed by atoms with Crippen molar-refractivity contribution >= 4 is 0 Å². The maximum absolute atomic E-state index is 10.6. The third-order valence-electron chi connectivity index (χ3n) is 4.39. The van der Waals surface area contributed by atoms with Gasteiger partial charge in [0.05, 0.1) is 6.10 Å². The highest BCUT2D eigenvalue weighted by molar-refractivity contribution is 5.34. The SMILES string of the molecule is Cc1cccc(C(O)C2CCCC(C)C2)c1C. The van der Waals surface area contributed by atoms with Crippen LogP contribution in [0.25, 0.3) is 0 Å². The molecule has 17 heavy (non-hydrogen) atoms. The van der Waals surface area contributed by atoms with Gasteiger partial charge in [0.2, 0.25) is 0 Å². The van der Waals surface area contributed by atoms with Crippen molar-refractivity contribution < 1.29 is 5.11 Å². The molecule has 3 atom stereocenters. The van der Waals surface area contributed by atoms with Crippen molar-refractivity contribution in [2.75, 3.05) is 0 Å². The van der Waals surface area contributed by atoms with Gasteiger partial charge in [-0.2, -0.15) is 0 Å². The van der Waals surface area contributed by atoms with Crippen molar-refractivity contribution in [3.63, 3.8) is 0 Å². The molecule has 1 aliphatic carbocycles. The summed E-state index contributed by atoms with van der Waals surface area (Å²) in [5, 5.41) is 10.6. The molecular formula is C16H24O. The van der Waals surface area contributed by atoms with Gasteiger partial charge in [-0.25, -0.2) is 0 Å². The number of aliphatic hydroxyl groups is 1. The van der Waals surface area contributed by atoms with E-state index in [0.717, 1.165) is 11.5 Å². The number of aliphatic hydroxyl groups excluding tert-OH is 1. The molecule has 1 nitrogen and oxygen atoms in total. The Morgan fingerprint density at radius 3 is 2.71 bits per heavy atom. The Morgan fingerprint density at radius 1 is 1.24 bits per heavy atom. The summed E-state index contributed by atoms with van der Waals surface area (Å²) in [4.78, 5) is 0. The van der Waals surface area contributed by atoms with Crippen LogP contribution in [0.4, 0.5) is 0 Å². The Kier molecular flexibility index (Phi) is 3.88. The largest absolute Gasteiger partial charge is 0.388 e. The van der Waals surface area contributed by atoms with Gasteiger partial charge in [0.1, 0.15) is 0 Å². The summed E-state index contributed by atoms with van der Waals surface area (Å²) in [5.74, 6) is 1.23. The zero-order chi connectivity index (χ0) is 12.4. The fourth-order valence-electron chi connectivity index (χ4n) is 3.12. The van der Waals surface area contributed by atoms with Crippen molar-refractivity contribution in [3.8, 4) is 0 Å². The number of rotatable bonds is 2. The minimum atomic E-state index is -0.266. The van der Waals surface area contributed by atoms with Gasteiger partial charge >= 0.3 is 0 Å². The number of aryl methyl sites for hydroxylation is 1. The second-order valence-electron chi connectivity index (χ2n) is 5.77. The van der Waals surface area contributed by atoms with E-state index in [4.69, 9.17) is 0 Å². The predicted octanol–water partition coefficient (Wildman–Crippen LogP) is 4.16. The maximum atomic E-state index is 10.6. The number of hydrogen-bond donors (Lipinski definition) is 1. The summed E-state index contributed by atoms with van der Waals surface area (Å²) in [5.41, 5.74) is 3.69. The quantitative estimate of drug-likeness (QED) is 0.811. The fourth-order valence-corrected chi connectivity index (χ4v) is 3.12. The Morgan fingerprint density at radius 2 is 2.00 bits per heavy atom. The normalized spacial score (nSPS) is 26.8. The standard InChI is InChI=1S/C16H24O/c1-11-6-4-8-14(10-11)16(17)15-9-5-7-12(2)13(15)3/h5,7,9,11,14,16-17H,4,6,8,10H2,1-3H3. The lowest BCUT2D eigenvalue weighted by Crippen LogP contribution is -2.20. The molecule has 1 saturated carbocycles. The molecule has 1 aromatic carbocycles. The summed E-state index contributed by atoms with van der Waals surface area (Å²) in [7, 11) is 0. The second-order valence-corrected chi connectivity index (χ2v) is 5.77. The first-order chi connectivity index (χ1) is 8.09. The predicted molar refractivity (Wildman–Crippen MR) is 72.0 cm³/mol. The lowest BCUT2D eigenvalue weighted by Gasteiger charge is -2.31. The maximum Gasteiger partial charge on any atom is 0.0820 e. The van der Waals surface area contributed by atoms with Crippen LogP contribution in [0.5, 0.6) is 0 Å². The minimum Gasteiger partial charge on any atom is -0.388 e. The molecule has 2 rings (SSSR count). The molecule has 1 heteroatoms. The summed E-state index contributed by atoms with van der Waals surface area (Å²) in [6.07, 6.45) is 4.69. The highest BCUT2D eigenvalue weighted by Crippen LogP contribution is 2.38. The monoisotopic (exact) mass is 232 g/mol. The molecule has 0 aliphatic heterocycles. The molecule has 0 amide bonds. The molecule has 1 N–H and O–H groups in total. The van der Waals surface area contributed by atoms with Crippen LogP contribution in [0.1, 0.15) is 55.4 Å². The van der Waals surface area contributed by atoms with E-state index < -0.39 is 0 Å². The number of hydrogen-bond acceptors (Lipinski definition) is 1. The number of benzene rings is 1. The lowest BCUT2D eigenvalue weighted by atomic mass is 9.77. The smallest absolute Gasteiger partial charge is 0.0820 e. The molecule has 0 radical (unpaired) electrons. The van der Waals surface area contributed by atoms with Crippen molar-refractivity contribution in [2.24, 2.45) is 11.8 Å². The lowest BCUT2D eigenvalue weighted by molar-refractivity contribution is 0.0709. The molecule has 1 aliphatic rings. The fraction of sp³-hybridized carbons (Fsp3) is 0.625. The first kappa shape index (κ1) is 12.6. The highest BCUT2D eigenvalue weighted by atomic mass is 16.3. The van der Waals surface area contributed by atoms with Crippen LogP contribution in [0.2, 0.25) is 0 Å². The molecule has 0 saturated heterocycles.